The molecule has 0 spiro atoms. The van der Waals surface area contributed by atoms with Crippen LogP contribution < -0.4 is 5.73 Å². The normalized spacial score (nSPS) is 12.0. The number of halogens is 3. The van der Waals surface area contributed by atoms with Gasteiger partial charge in [0.1, 0.15) is 0 Å². The van der Waals surface area contributed by atoms with Crippen molar-refractivity contribution in [1.82, 2.24) is 4.57 Å². The molecule has 15 heavy (non-hydrogen) atoms. The van der Waals surface area contributed by atoms with E-state index >= 15 is 0 Å². The molecule has 0 aliphatic carbocycles. The monoisotopic (exact) mass is 222 g/mol. The Balaban J connectivity index is 2.31. The Morgan fingerprint density at radius 3 is 2.73 bits per heavy atom. The number of rotatable bonds is 5. The van der Waals surface area contributed by atoms with Gasteiger partial charge in [-0.3, -0.25) is 4.74 Å². The molecule has 3 nitrogen and oxygen atoms in total. The van der Waals surface area contributed by atoms with Gasteiger partial charge in [0.05, 0.1) is 6.61 Å². The molecule has 0 unspecified atom stereocenters. The van der Waals surface area contributed by atoms with Gasteiger partial charge in [-0.15, -0.1) is 13.2 Å². The fraction of sp³-hybridized carbons (Fsp3) is 0.556. The summed E-state index contributed by atoms with van der Waals surface area (Å²) < 4.78 is 40.2. The summed E-state index contributed by atoms with van der Waals surface area (Å²) in [7, 11) is 0. The smallest absolute Gasteiger partial charge is 0.352 e. The predicted octanol–water partition coefficient (Wildman–Crippen LogP) is 1.53. The van der Waals surface area contributed by atoms with Gasteiger partial charge in [0.2, 0.25) is 0 Å². The molecule has 2 N–H and O–H groups in total. The third-order valence-electron chi connectivity index (χ3n) is 1.86. The zero-order valence-corrected chi connectivity index (χ0v) is 8.13. The molecule has 0 atom stereocenters. The molecule has 1 rings (SSSR count). The van der Waals surface area contributed by atoms with Gasteiger partial charge in [-0.05, 0) is 24.6 Å². The standard InChI is InChI=1S/C9H13F3N2O/c10-9(11,12)15-6-5-14-4-2-8(7-14)1-3-13/h2,4,7H,1,3,5-6,13H2. The van der Waals surface area contributed by atoms with Gasteiger partial charge in [-0.25, -0.2) is 0 Å². The van der Waals surface area contributed by atoms with Crippen molar-refractivity contribution in [2.45, 2.75) is 19.3 Å². The lowest BCUT2D eigenvalue weighted by atomic mass is 10.2. The number of hydrogen-bond donors (Lipinski definition) is 1. The summed E-state index contributed by atoms with van der Waals surface area (Å²) in [5, 5.41) is 0. The predicted molar refractivity (Wildman–Crippen MR) is 49.2 cm³/mol. The maximum Gasteiger partial charge on any atom is 0.522 e. The van der Waals surface area contributed by atoms with Crippen molar-refractivity contribution < 1.29 is 17.9 Å². The number of ether oxygens (including phenoxy) is 1. The lowest BCUT2D eigenvalue weighted by Crippen LogP contribution is -2.16. The van der Waals surface area contributed by atoms with Crippen molar-refractivity contribution in [1.29, 1.82) is 0 Å². The van der Waals surface area contributed by atoms with Crippen LogP contribution in [-0.2, 0) is 17.7 Å². The van der Waals surface area contributed by atoms with Gasteiger partial charge < -0.3 is 10.3 Å². The number of alkyl halides is 3. The molecule has 0 aliphatic rings. The summed E-state index contributed by atoms with van der Waals surface area (Å²) in [4.78, 5) is 0. The van der Waals surface area contributed by atoms with Crippen LogP contribution in [0.3, 0.4) is 0 Å². The third-order valence-corrected chi connectivity index (χ3v) is 1.86. The summed E-state index contributed by atoms with van der Waals surface area (Å²) in [6, 6.07) is 1.83. The minimum atomic E-state index is -4.55. The second kappa shape index (κ2) is 5.18. The minimum absolute atomic E-state index is 0.185. The molecule has 0 aliphatic heterocycles. The van der Waals surface area contributed by atoms with E-state index in [1.807, 2.05) is 6.07 Å². The van der Waals surface area contributed by atoms with E-state index in [1.54, 1.807) is 17.0 Å². The van der Waals surface area contributed by atoms with Gasteiger partial charge >= 0.3 is 6.36 Å². The zero-order chi connectivity index (χ0) is 11.3. The highest BCUT2D eigenvalue weighted by atomic mass is 19.4. The number of aromatic nitrogens is 1. The van der Waals surface area contributed by atoms with Crippen LogP contribution in [0.15, 0.2) is 18.5 Å². The van der Waals surface area contributed by atoms with E-state index in [1.165, 1.54) is 0 Å². The summed E-state index contributed by atoms with van der Waals surface area (Å²) >= 11 is 0. The summed E-state index contributed by atoms with van der Waals surface area (Å²) in [6.45, 7) is 0.341. The van der Waals surface area contributed by atoms with E-state index in [0.717, 1.165) is 12.0 Å². The molecule has 0 amide bonds. The highest BCUT2D eigenvalue weighted by molar-refractivity contribution is 5.10. The summed E-state index contributed by atoms with van der Waals surface area (Å²) in [6.07, 6.45) is -0.336. The molecule has 6 heteroatoms. The van der Waals surface area contributed by atoms with E-state index < -0.39 is 6.36 Å². The zero-order valence-electron chi connectivity index (χ0n) is 8.13. The molecule has 0 fully saturated rings. The molecule has 1 aromatic rings. The van der Waals surface area contributed by atoms with Crippen molar-refractivity contribution >= 4 is 0 Å². The first-order valence-corrected chi connectivity index (χ1v) is 4.56. The van der Waals surface area contributed by atoms with Gasteiger partial charge in [-0.1, -0.05) is 0 Å². The SMILES string of the molecule is NCCc1ccn(CCOC(F)(F)F)c1. The number of nitrogens with zero attached hydrogens (tertiary/aromatic N) is 1. The maximum absolute atomic E-state index is 11.6. The van der Waals surface area contributed by atoms with Crippen LogP contribution in [0.5, 0.6) is 0 Å². The Kier molecular flexibility index (Phi) is 4.16. The molecular weight excluding hydrogens is 209 g/mol. The third kappa shape index (κ3) is 4.85. The molecule has 86 valence electrons. The molecular formula is C9H13F3N2O. The van der Waals surface area contributed by atoms with Crippen molar-refractivity contribution in [3.8, 4) is 0 Å². The van der Waals surface area contributed by atoms with Gasteiger partial charge in [0.25, 0.3) is 0 Å². The number of nitrogens with two attached hydrogens (primary N) is 1. The van der Waals surface area contributed by atoms with E-state index in [-0.39, 0.29) is 13.2 Å². The average molecular weight is 222 g/mol. The molecule has 1 heterocycles. The molecule has 0 bridgehead atoms. The highest BCUT2D eigenvalue weighted by Gasteiger charge is 2.28. The fourth-order valence-corrected chi connectivity index (χ4v) is 1.21. The average Bonchev–Trinajstić information content (AvgIpc) is 2.51. The van der Waals surface area contributed by atoms with Crippen LogP contribution >= 0.6 is 0 Å². The van der Waals surface area contributed by atoms with Crippen LogP contribution in [0.2, 0.25) is 0 Å². The molecule has 0 saturated heterocycles. The maximum atomic E-state index is 11.6. The molecule has 0 radical (unpaired) electrons. The number of hydrogen-bond acceptors (Lipinski definition) is 2. The topological polar surface area (TPSA) is 40.2 Å². The van der Waals surface area contributed by atoms with Crippen LogP contribution in [-0.4, -0.2) is 24.1 Å². The first-order chi connectivity index (χ1) is 7.01. The Bertz CT molecular complexity index is 296. The first-order valence-electron chi connectivity index (χ1n) is 4.56. The highest BCUT2D eigenvalue weighted by Crippen LogP contribution is 2.15. The second-order valence-corrected chi connectivity index (χ2v) is 3.09. The lowest BCUT2D eigenvalue weighted by Gasteiger charge is -2.07. The second-order valence-electron chi connectivity index (χ2n) is 3.09. The Morgan fingerprint density at radius 1 is 1.40 bits per heavy atom. The van der Waals surface area contributed by atoms with Crippen molar-refractivity contribution in [2.24, 2.45) is 5.73 Å². The van der Waals surface area contributed by atoms with Gasteiger partial charge in [-0.2, -0.15) is 0 Å². The Hall–Kier alpha value is -1.01. The molecule has 0 aromatic carbocycles. The summed E-state index contributed by atoms with van der Waals surface area (Å²) in [5.74, 6) is 0. The minimum Gasteiger partial charge on any atom is -0.352 e. The van der Waals surface area contributed by atoms with Crippen molar-refractivity contribution in [3.63, 3.8) is 0 Å². The van der Waals surface area contributed by atoms with E-state index in [2.05, 4.69) is 4.74 Å². The van der Waals surface area contributed by atoms with Crippen molar-refractivity contribution in [2.75, 3.05) is 13.2 Å². The Morgan fingerprint density at radius 2 is 2.13 bits per heavy atom. The molecule has 1 aromatic heterocycles. The van der Waals surface area contributed by atoms with E-state index in [4.69, 9.17) is 5.73 Å². The van der Waals surface area contributed by atoms with E-state index in [0.29, 0.717) is 6.54 Å². The van der Waals surface area contributed by atoms with Gasteiger partial charge in [0.15, 0.2) is 0 Å². The van der Waals surface area contributed by atoms with Gasteiger partial charge in [0, 0.05) is 18.9 Å². The largest absolute Gasteiger partial charge is 0.522 e. The van der Waals surface area contributed by atoms with Crippen LogP contribution in [0, 0.1) is 0 Å². The van der Waals surface area contributed by atoms with Crippen molar-refractivity contribution in [3.05, 3.63) is 24.0 Å². The fourth-order valence-electron chi connectivity index (χ4n) is 1.21. The van der Waals surface area contributed by atoms with E-state index in [9.17, 15) is 13.2 Å². The van der Waals surface area contributed by atoms with Crippen LogP contribution in [0.25, 0.3) is 0 Å². The summed E-state index contributed by atoms with van der Waals surface area (Å²) in [5.41, 5.74) is 6.36. The lowest BCUT2D eigenvalue weighted by molar-refractivity contribution is -0.325. The molecule has 0 saturated carbocycles. The quantitative estimate of drug-likeness (QED) is 0.820. The van der Waals surface area contributed by atoms with Crippen LogP contribution in [0.1, 0.15) is 5.56 Å². The first kappa shape index (κ1) is 12.1. The Labute approximate surface area is 85.6 Å². The van der Waals surface area contributed by atoms with Crippen LogP contribution in [0.4, 0.5) is 13.2 Å².